The van der Waals surface area contributed by atoms with E-state index in [0.29, 0.717) is 28.1 Å². The van der Waals surface area contributed by atoms with Crippen LogP contribution < -0.4 is 5.32 Å². The number of hydrogen-bond donors (Lipinski definition) is 1. The van der Waals surface area contributed by atoms with Crippen molar-refractivity contribution < 1.29 is 14.4 Å². The summed E-state index contributed by atoms with van der Waals surface area (Å²) < 4.78 is 0. The van der Waals surface area contributed by atoms with Crippen molar-refractivity contribution in [2.75, 3.05) is 11.9 Å². The maximum Gasteiger partial charge on any atom is 0.261 e. The van der Waals surface area contributed by atoms with Crippen LogP contribution in [0.3, 0.4) is 0 Å². The molecular weight excluding hydrogens is 374 g/mol. The quantitative estimate of drug-likeness (QED) is 0.787. The molecular formula is C21H19N3O3S. The summed E-state index contributed by atoms with van der Waals surface area (Å²) in [7, 11) is 0. The van der Waals surface area contributed by atoms with Gasteiger partial charge in [-0.3, -0.25) is 19.3 Å². The number of aryl methyl sites for hydroxylation is 1. The third-order valence-corrected chi connectivity index (χ3v) is 6.41. The van der Waals surface area contributed by atoms with Crippen LogP contribution in [0.25, 0.3) is 0 Å². The Kier molecular flexibility index (Phi) is 4.97. The van der Waals surface area contributed by atoms with Gasteiger partial charge < -0.3 is 5.32 Å². The molecule has 1 aliphatic heterocycles. The lowest BCUT2D eigenvalue weighted by atomic mass is 9.96. The van der Waals surface area contributed by atoms with E-state index in [1.165, 1.54) is 21.1 Å². The fourth-order valence-electron chi connectivity index (χ4n) is 3.80. The molecule has 2 aromatic rings. The Bertz CT molecular complexity index is 983. The van der Waals surface area contributed by atoms with Crippen LogP contribution in [0.1, 0.15) is 62.4 Å². The summed E-state index contributed by atoms with van der Waals surface area (Å²) in [6.07, 6.45) is 4.61. The molecule has 28 heavy (non-hydrogen) atoms. The normalized spacial score (nSPS) is 15.2. The first-order valence-corrected chi connectivity index (χ1v) is 10.2. The van der Waals surface area contributed by atoms with Crippen LogP contribution in [0, 0.1) is 11.3 Å². The first-order valence-electron chi connectivity index (χ1n) is 9.40. The average molecular weight is 393 g/mol. The number of nitriles is 1. The molecule has 0 saturated carbocycles. The number of imide groups is 1. The number of nitrogens with zero attached hydrogens (tertiary/aromatic N) is 2. The van der Waals surface area contributed by atoms with E-state index in [2.05, 4.69) is 11.4 Å². The summed E-state index contributed by atoms with van der Waals surface area (Å²) in [5.74, 6) is -0.816. The Morgan fingerprint density at radius 1 is 1.14 bits per heavy atom. The van der Waals surface area contributed by atoms with Gasteiger partial charge in [0.1, 0.15) is 11.1 Å². The zero-order chi connectivity index (χ0) is 19.7. The fraction of sp³-hybridized carbons (Fsp3) is 0.333. The second-order valence-corrected chi connectivity index (χ2v) is 8.09. The highest BCUT2D eigenvalue weighted by Crippen LogP contribution is 2.37. The Morgan fingerprint density at radius 2 is 1.82 bits per heavy atom. The van der Waals surface area contributed by atoms with Crippen LogP contribution >= 0.6 is 11.3 Å². The van der Waals surface area contributed by atoms with Gasteiger partial charge in [-0.15, -0.1) is 11.3 Å². The van der Waals surface area contributed by atoms with Crippen molar-refractivity contribution in [2.24, 2.45) is 0 Å². The maximum atomic E-state index is 12.3. The van der Waals surface area contributed by atoms with Crippen molar-refractivity contribution in [1.29, 1.82) is 5.26 Å². The lowest BCUT2D eigenvalue weighted by Gasteiger charge is -2.13. The van der Waals surface area contributed by atoms with E-state index in [1.54, 1.807) is 24.3 Å². The van der Waals surface area contributed by atoms with Crippen LogP contribution in [0.4, 0.5) is 5.00 Å². The van der Waals surface area contributed by atoms with Gasteiger partial charge in [-0.2, -0.15) is 5.26 Å². The van der Waals surface area contributed by atoms with Crippen molar-refractivity contribution in [1.82, 2.24) is 4.90 Å². The molecule has 0 fully saturated rings. The van der Waals surface area contributed by atoms with E-state index in [0.717, 1.165) is 31.2 Å². The molecule has 2 heterocycles. The number of hydrogen-bond acceptors (Lipinski definition) is 5. The third kappa shape index (κ3) is 3.20. The van der Waals surface area contributed by atoms with Gasteiger partial charge in [-0.05, 0) is 49.8 Å². The van der Waals surface area contributed by atoms with E-state index in [4.69, 9.17) is 0 Å². The summed E-state index contributed by atoms with van der Waals surface area (Å²) in [5, 5.41) is 12.9. The second-order valence-electron chi connectivity index (χ2n) is 6.99. The monoisotopic (exact) mass is 393 g/mol. The molecule has 142 valence electrons. The lowest BCUT2D eigenvalue weighted by Crippen LogP contribution is -2.31. The standard InChI is InChI=1S/C21H19N3O3S/c22-12-16-13-6-3-4-9-17(13)28-19(16)23-18(25)10-5-11-24-20(26)14-7-1-2-8-15(14)21(24)27/h1-2,7-8H,3-6,9-11H2,(H,23,25). The molecule has 0 saturated heterocycles. The second kappa shape index (κ2) is 7.56. The van der Waals surface area contributed by atoms with Crippen molar-refractivity contribution in [3.05, 3.63) is 51.4 Å². The van der Waals surface area contributed by atoms with Crippen molar-refractivity contribution in [2.45, 2.75) is 38.5 Å². The third-order valence-electron chi connectivity index (χ3n) is 5.20. The minimum absolute atomic E-state index is 0.181. The number of anilines is 1. The summed E-state index contributed by atoms with van der Waals surface area (Å²) in [6, 6.07) is 8.98. The minimum Gasteiger partial charge on any atom is -0.317 e. The highest BCUT2D eigenvalue weighted by atomic mass is 32.1. The van der Waals surface area contributed by atoms with Crippen molar-refractivity contribution >= 4 is 34.1 Å². The number of nitrogens with one attached hydrogen (secondary N) is 1. The molecule has 6 nitrogen and oxygen atoms in total. The SMILES string of the molecule is N#Cc1c(NC(=O)CCCN2C(=O)c3ccccc3C2=O)sc2c1CCCC2. The Hall–Kier alpha value is -2.98. The number of carbonyl (C=O) groups excluding carboxylic acids is 3. The van der Waals surface area contributed by atoms with Gasteiger partial charge in [0.05, 0.1) is 16.7 Å². The van der Waals surface area contributed by atoms with Gasteiger partial charge in [0, 0.05) is 17.8 Å². The van der Waals surface area contributed by atoms with Gasteiger partial charge in [0.25, 0.3) is 11.8 Å². The highest BCUT2D eigenvalue weighted by Gasteiger charge is 2.34. The van der Waals surface area contributed by atoms with Gasteiger partial charge in [-0.1, -0.05) is 12.1 Å². The van der Waals surface area contributed by atoms with E-state index < -0.39 is 0 Å². The predicted molar refractivity (Wildman–Crippen MR) is 105 cm³/mol. The smallest absolute Gasteiger partial charge is 0.261 e. The largest absolute Gasteiger partial charge is 0.317 e. The predicted octanol–water partition coefficient (Wildman–Crippen LogP) is 3.51. The minimum atomic E-state index is -0.307. The Balaban J connectivity index is 1.35. The summed E-state index contributed by atoms with van der Waals surface area (Å²) in [5.41, 5.74) is 2.51. The first-order chi connectivity index (χ1) is 13.6. The number of carbonyl (C=O) groups is 3. The Labute approximate surface area is 166 Å². The summed E-state index contributed by atoms with van der Waals surface area (Å²) >= 11 is 1.49. The van der Waals surface area contributed by atoms with E-state index >= 15 is 0 Å². The number of fused-ring (bicyclic) bond motifs is 2. The molecule has 0 bridgehead atoms. The van der Waals surface area contributed by atoms with Gasteiger partial charge in [0.2, 0.25) is 5.91 Å². The van der Waals surface area contributed by atoms with Gasteiger partial charge in [-0.25, -0.2) is 0 Å². The van der Waals surface area contributed by atoms with Crippen LogP contribution in [0.5, 0.6) is 0 Å². The van der Waals surface area contributed by atoms with E-state index in [-0.39, 0.29) is 30.7 Å². The molecule has 0 radical (unpaired) electrons. The topological polar surface area (TPSA) is 90.3 Å². The first kappa shape index (κ1) is 18.4. The van der Waals surface area contributed by atoms with Gasteiger partial charge in [0.15, 0.2) is 0 Å². The molecule has 3 amide bonds. The van der Waals surface area contributed by atoms with Crippen LogP contribution in [0.15, 0.2) is 24.3 Å². The van der Waals surface area contributed by atoms with Crippen LogP contribution in [0.2, 0.25) is 0 Å². The number of thiophene rings is 1. The maximum absolute atomic E-state index is 12.3. The average Bonchev–Trinajstić information content (AvgIpc) is 3.17. The van der Waals surface area contributed by atoms with Crippen LogP contribution in [-0.2, 0) is 17.6 Å². The summed E-state index contributed by atoms with van der Waals surface area (Å²) in [4.78, 5) is 39.4. The zero-order valence-electron chi connectivity index (χ0n) is 15.3. The van der Waals surface area contributed by atoms with Crippen molar-refractivity contribution in [3.8, 4) is 6.07 Å². The molecule has 2 aliphatic rings. The van der Waals surface area contributed by atoms with E-state index in [9.17, 15) is 19.6 Å². The lowest BCUT2D eigenvalue weighted by molar-refractivity contribution is -0.116. The molecule has 1 aromatic carbocycles. The van der Waals surface area contributed by atoms with Crippen LogP contribution in [-0.4, -0.2) is 29.2 Å². The molecule has 1 aliphatic carbocycles. The molecule has 0 atom stereocenters. The van der Waals surface area contributed by atoms with Crippen molar-refractivity contribution in [3.63, 3.8) is 0 Å². The number of benzene rings is 1. The molecule has 1 aromatic heterocycles. The highest BCUT2D eigenvalue weighted by molar-refractivity contribution is 7.16. The molecule has 4 rings (SSSR count). The fourth-order valence-corrected chi connectivity index (χ4v) is 5.06. The number of amides is 3. The zero-order valence-corrected chi connectivity index (χ0v) is 16.1. The number of rotatable bonds is 5. The molecule has 0 unspecified atom stereocenters. The van der Waals surface area contributed by atoms with E-state index in [1.807, 2.05) is 0 Å². The Morgan fingerprint density at radius 3 is 2.50 bits per heavy atom. The molecule has 1 N–H and O–H groups in total. The molecule has 0 spiro atoms. The molecule has 7 heteroatoms. The summed E-state index contributed by atoms with van der Waals surface area (Å²) in [6.45, 7) is 0.200. The van der Waals surface area contributed by atoms with Gasteiger partial charge >= 0.3 is 0 Å².